The van der Waals surface area contributed by atoms with Gasteiger partial charge in [-0.05, 0) is 31.9 Å². The molecule has 0 aromatic heterocycles. The predicted molar refractivity (Wildman–Crippen MR) is 67.0 cm³/mol. The summed E-state index contributed by atoms with van der Waals surface area (Å²) < 4.78 is 0. The number of hydrogen-bond donors (Lipinski definition) is 1. The number of carbonyl (C=O) groups is 1. The number of nitrogens with zero attached hydrogens (tertiary/aromatic N) is 1. The number of aliphatic hydroxyl groups is 1. The fraction of sp³-hybridized carbons (Fsp3) is 0.500. The van der Waals surface area contributed by atoms with Gasteiger partial charge in [0.15, 0.2) is 0 Å². The van der Waals surface area contributed by atoms with Gasteiger partial charge in [-0.15, -0.1) is 0 Å². The summed E-state index contributed by atoms with van der Waals surface area (Å²) in [6.07, 6.45) is 0.910. The lowest BCUT2D eigenvalue weighted by Gasteiger charge is -2.17. The molecule has 1 aliphatic rings. The van der Waals surface area contributed by atoms with Gasteiger partial charge in [-0.3, -0.25) is 4.79 Å². The lowest BCUT2D eigenvalue weighted by molar-refractivity contribution is 0.0781. The fourth-order valence-corrected chi connectivity index (χ4v) is 2.30. The van der Waals surface area contributed by atoms with Crippen molar-refractivity contribution in [1.29, 1.82) is 0 Å². The van der Waals surface area contributed by atoms with Crippen LogP contribution in [0.25, 0.3) is 0 Å². The third-order valence-electron chi connectivity index (χ3n) is 3.45. The van der Waals surface area contributed by atoms with Crippen LogP contribution in [-0.2, 0) is 0 Å². The van der Waals surface area contributed by atoms with Crippen molar-refractivity contribution in [3.05, 3.63) is 34.9 Å². The van der Waals surface area contributed by atoms with E-state index in [9.17, 15) is 4.79 Å². The van der Waals surface area contributed by atoms with E-state index in [0.29, 0.717) is 6.54 Å². The third kappa shape index (κ3) is 2.50. The quantitative estimate of drug-likeness (QED) is 0.845. The first kappa shape index (κ1) is 12.1. The molecule has 2 rings (SSSR count). The molecule has 1 heterocycles. The van der Waals surface area contributed by atoms with Crippen molar-refractivity contribution in [2.24, 2.45) is 5.92 Å². The van der Waals surface area contributed by atoms with E-state index in [0.717, 1.165) is 29.7 Å². The molecule has 3 heteroatoms. The Labute approximate surface area is 102 Å². The van der Waals surface area contributed by atoms with Crippen LogP contribution in [0.4, 0.5) is 0 Å². The highest BCUT2D eigenvalue weighted by Crippen LogP contribution is 2.20. The molecule has 1 atom stereocenters. The molecule has 0 bridgehead atoms. The third-order valence-corrected chi connectivity index (χ3v) is 3.45. The van der Waals surface area contributed by atoms with Crippen LogP contribution in [0, 0.1) is 19.8 Å². The number of hydrogen-bond acceptors (Lipinski definition) is 2. The first-order valence-corrected chi connectivity index (χ1v) is 6.09. The molecule has 0 radical (unpaired) electrons. The molecular weight excluding hydrogens is 214 g/mol. The average Bonchev–Trinajstić information content (AvgIpc) is 2.80. The highest BCUT2D eigenvalue weighted by Gasteiger charge is 2.26. The van der Waals surface area contributed by atoms with Crippen molar-refractivity contribution in [3.8, 4) is 0 Å². The van der Waals surface area contributed by atoms with Crippen LogP contribution in [0.15, 0.2) is 18.2 Å². The zero-order valence-electron chi connectivity index (χ0n) is 10.4. The van der Waals surface area contributed by atoms with Crippen LogP contribution in [0.5, 0.6) is 0 Å². The van der Waals surface area contributed by atoms with E-state index in [2.05, 4.69) is 0 Å². The van der Waals surface area contributed by atoms with Gasteiger partial charge in [-0.25, -0.2) is 0 Å². The Morgan fingerprint density at radius 2 is 2.24 bits per heavy atom. The van der Waals surface area contributed by atoms with Gasteiger partial charge in [0.25, 0.3) is 5.91 Å². The first-order chi connectivity index (χ1) is 8.11. The van der Waals surface area contributed by atoms with Crippen molar-refractivity contribution in [2.45, 2.75) is 20.3 Å². The maximum Gasteiger partial charge on any atom is 0.254 e. The zero-order chi connectivity index (χ0) is 12.4. The molecule has 0 spiro atoms. The van der Waals surface area contributed by atoms with Crippen molar-refractivity contribution >= 4 is 5.91 Å². The smallest absolute Gasteiger partial charge is 0.254 e. The second-order valence-corrected chi connectivity index (χ2v) is 4.91. The normalized spacial score (nSPS) is 19.7. The van der Waals surface area contributed by atoms with E-state index in [-0.39, 0.29) is 18.4 Å². The van der Waals surface area contributed by atoms with Gasteiger partial charge >= 0.3 is 0 Å². The minimum atomic E-state index is 0.0992. The Morgan fingerprint density at radius 3 is 2.88 bits per heavy atom. The molecule has 1 saturated heterocycles. The monoisotopic (exact) mass is 233 g/mol. The van der Waals surface area contributed by atoms with Crippen LogP contribution >= 0.6 is 0 Å². The molecule has 1 aliphatic heterocycles. The maximum atomic E-state index is 12.3. The Bertz CT molecular complexity index is 428. The number of aryl methyl sites for hydroxylation is 2. The summed E-state index contributed by atoms with van der Waals surface area (Å²) >= 11 is 0. The topological polar surface area (TPSA) is 40.5 Å². The van der Waals surface area contributed by atoms with Crippen molar-refractivity contribution in [3.63, 3.8) is 0 Å². The summed E-state index contributed by atoms with van der Waals surface area (Å²) in [4.78, 5) is 14.2. The second-order valence-electron chi connectivity index (χ2n) is 4.91. The first-order valence-electron chi connectivity index (χ1n) is 6.09. The average molecular weight is 233 g/mol. The Hall–Kier alpha value is -1.35. The molecule has 1 amide bonds. The van der Waals surface area contributed by atoms with Gasteiger partial charge in [-0.1, -0.05) is 17.7 Å². The van der Waals surface area contributed by atoms with E-state index in [1.807, 2.05) is 36.9 Å². The van der Waals surface area contributed by atoms with E-state index in [1.54, 1.807) is 0 Å². The summed E-state index contributed by atoms with van der Waals surface area (Å²) in [5.41, 5.74) is 2.92. The number of amides is 1. The van der Waals surface area contributed by atoms with Gasteiger partial charge in [-0.2, -0.15) is 0 Å². The molecule has 1 aromatic carbocycles. The molecule has 17 heavy (non-hydrogen) atoms. The summed E-state index contributed by atoms with van der Waals surface area (Å²) in [5, 5.41) is 9.10. The predicted octanol–water partition coefficient (Wildman–Crippen LogP) is 1.76. The van der Waals surface area contributed by atoms with Crippen LogP contribution in [0.3, 0.4) is 0 Å². The highest BCUT2D eigenvalue weighted by molar-refractivity contribution is 5.96. The van der Waals surface area contributed by atoms with Gasteiger partial charge in [0, 0.05) is 31.2 Å². The van der Waals surface area contributed by atoms with E-state index in [1.165, 1.54) is 0 Å². The lowest BCUT2D eigenvalue weighted by Crippen LogP contribution is -2.29. The van der Waals surface area contributed by atoms with Crippen LogP contribution in [0.1, 0.15) is 27.9 Å². The minimum absolute atomic E-state index is 0.0992. The van der Waals surface area contributed by atoms with Crippen LogP contribution in [0.2, 0.25) is 0 Å². The Kier molecular flexibility index (Phi) is 3.48. The number of carbonyl (C=O) groups excluding carboxylic acids is 1. The number of rotatable bonds is 2. The Morgan fingerprint density at radius 1 is 1.47 bits per heavy atom. The Balaban J connectivity index is 2.17. The molecular formula is C14H19NO2. The summed E-state index contributed by atoms with van der Waals surface area (Å²) in [6.45, 7) is 5.58. The van der Waals surface area contributed by atoms with Gasteiger partial charge in [0.1, 0.15) is 0 Å². The largest absolute Gasteiger partial charge is 0.396 e. The molecule has 0 aliphatic carbocycles. The summed E-state index contributed by atoms with van der Waals surface area (Å²) in [7, 11) is 0. The standard InChI is InChI=1S/C14H19NO2/c1-10-3-4-11(2)13(7-10)14(17)15-6-5-12(8-15)9-16/h3-4,7,12,16H,5-6,8-9H2,1-2H3/t12-/m1/s1. The van der Waals surface area contributed by atoms with Gasteiger partial charge in [0.2, 0.25) is 0 Å². The van der Waals surface area contributed by atoms with Crippen LogP contribution < -0.4 is 0 Å². The lowest BCUT2D eigenvalue weighted by atomic mass is 10.0. The highest BCUT2D eigenvalue weighted by atomic mass is 16.3. The van der Waals surface area contributed by atoms with Crippen LogP contribution in [-0.4, -0.2) is 35.6 Å². The summed E-state index contributed by atoms with van der Waals surface area (Å²) in [5.74, 6) is 0.353. The molecule has 0 saturated carbocycles. The van der Waals surface area contributed by atoms with E-state index >= 15 is 0 Å². The number of benzene rings is 1. The van der Waals surface area contributed by atoms with E-state index in [4.69, 9.17) is 5.11 Å². The molecule has 92 valence electrons. The minimum Gasteiger partial charge on any atom is -0.396 e. The molecule has 0 unspecified atom stereocenters. The number of aliphatic hydroxyl groups excluding tert-OH is 1. The maximum absolute atomic E-state index is 12.3. The number of likely N-dealkylation sites (tertiary alicyclic amines) is 1. The SMILES string of the molecule is Cc1ccc(C)c(C(=O)N2CC[C@@H](CO)C2)c1. The van der Waals surface area contributed by atoms with E-state index < -0.39 is 0 Å². The summed E-state index contributed by atoms with van der Waals surface area (Å²) in [6, 6.07) is 5.96. The van der Waals surface area contributed by atoms with Crippen molar-refractivity contribution in [2.75, 3.05) is 19.7 Å². The molecule has 1 fully saturated rings. The van der Waals surface area contributed by atoms with Crippen molar-refractivity contribution in [1.82, 2.24) is 4.90 Å². The fourth-order valence-electron chi connectivity index (χ4n) is 2.30. The van der Waals surface area contributed by atoms with Crippen molar-refractivity contribution < 1.29 is 9.90 Å². The van der Waals surface area contributed by atoms with Gasteiger partial charge in [0.05, 0.1) is 0 Å². The van der Waals surface area contributed by atoms with Gasteiger partial charge < -0.3 is 10.0 Å². The second kappa shape index (κ2) is 4.88. The molecule has 1 aromatic rings. The molecule has 3 nitrogen and oxygen atoms in total. The molecule has 1 N–H and O–H groups in total. The zero-order valence-corrected chi connectivity index (χ0v) is 10.4.